The lowest BCUT2D eigenvalue weighted by Gasteiger charge is -2.34. The molecule has 1 aliphatic carbocycles. The van der Waals surface area contributed by atoms with E-state index >= 15 is 0 Å². The molecule has 0 saturated heterocycles. The summed E-state index contributed by atoms with van der Waals surface area (Å²) < 4.78 is 1.63. The lowest BCUT2D eigenvalue weighted by atomic mass is 9.86. The monoisotopic (exact) mass is 347 g/mol. The van der Waals surface area contributed by atoms with Crippen molar-refractivity contribution in [2.24, 2.45) is 5.92 Å². The van der Waals surface area contributed by atoms with E-state index in [0.717, 1.165) is 31.4 Å². The highest BCUT2D eigenvalue weighted by Gasteiger charge is 2.27. The molecule has 1 aromatic heterocycles. The zero-order chi connectivity index (χ0) is 17.1. The van der Waals surface area contributed by atoms with Gasteiger partial charge in [-0.2, -0.15) is 5.10 Å². The number of halogens is 1. The van der Waals surface area contributed by atoms with Crippen molar-refractivity contribution in [1.82, 2.24) is 14.7 Å². The topological polar surface area (TPSA) is 58.4 Å². The number of para-hydroxylation sites is 1. The van der Waals surface area contributed by atoms with E-state index in [-0.39, 0.29) is 18.6 Å². The minimum atomic E-state index is -0.0271. The first-order valence-corrected chi connectivity index (χ1v) is 8.65. The van der Waals surface area contributed by atoms with Crippen molar-refractivity contribution in [3.05, 3.63) is 47.2 Å². The van der Waals surface area contributed by atoms with Crippen LogP contribution >= 0.6 is 11.6 Å². The van der Waals surface area contributed by atoms with Gasteiger partial charge in [-0.25, -0.2) is 4.68 Å². The molecule has 1 aromatic carbocycles. The summed E-state index contributed by atoms with van der Waals surface area (Å²) in [5, 5.41) is 14.1. The van der Waals surface area contributed by atoms with Crippen LogP contribution in [0.15, 0.2) is 36.7 Å². The van der Waals surface area contributed by atoms with Gasteiger partial charge in [0.05, 0.1) is 22.5 Å². The SMILES string of the molecule is CN(C(=O)c1cnn(-c2ccccc2Cl)c1)C1CCC(CO)CC1. The van der Waals surface area contributed by atoms with E-state index in [4.69, 9.17) is 11.6 Å². The van der Waals surface area contributed by atoms with Crippen molar-refractivity contribution in [1.29, 1.82) is 0 Å². The number of nitrogens with zero attached hydrogens (tertiary/aromatic N) is 3. The number of aliphatic hydroxyl groups excluding tert-OH is 1. The molecule has 24 heavy (non-hydrogen) atoms. The second-order valence-corrected chi connectivity index (χ2v) is 6.81. The van der Waals surface area contributed by atoms with E-state index in [0.29, 0.717) is 16.5 Å². The molecule has 0 spiro atoms. The van der Waals surface area contributed by atoms with Crippen molar-refractivity contribution in [2.45, 2.75) is 31.7 Å². The van der Waals surface area contributed by atoms with Crippen LogP contribution in [0.1, 0.15) is 36.0 Å². The highest BCUT2D eigenvalue weighted by Crippen LogP contribution is 2.27. The van der Waals surface area contributed by atoms with Gasteiger partial charge in [0, 0.05) is 25.9 Å². The summed E-state index contributed by atoms with van der Waals surface area (Å²) in [5.74, 6) is 0.355. The summed E-state index contributed by atoms with van der Waals surface area (Å²) in [7, 11) is 1.85. The van der Waals surface area contributed by atoms with Crippen LogP contribution < -0.4 is 0 Å². The Balaban J connectivity index is 1.71. The zero-order valence-electron chi connectivity index (χ0n) is 13.7. The molecule has 6 heteroatoms. The van der Waals surface area contributed by atoms with Crippen LogP contribution in [0, 0.1) is 5.92 Å². The normalized spacial score (nSPS) is 20.8. The average molecular weight is 348 g/mol. The van der Waals surface area contributed by atoms with Crippen LogP contribution in [-0.4, -0.2) is 45.4 Å². The molecular formula is C18H22ClN3O2. The summed E-state index contributed by atoms with van der Waals surface area (Å²) in [4.78, 5) is 14.5. The lowest BCUT2D eigenvalue weighted by molar-refractivity contribution is 0.0653. The Kier molecular flexibility index (Phi) is 5.21. The van der Waals surface area contributed by atoms with Crippen LogP contribution in [0.25, 0.3) is 5.69 Å². The Morgan fingerprint density at radius 3 is 2.71 bits per heavy atom. The third-order valence-corrected chi connectivity index (χ3v) is 5.19. The maximum Gasteiger partial charge on any atom is 0.257 e. The summed E-state index contributed by atoms with van der Waals surface area (Å²) in [6, 6.07) is 7.63. The largest absolute Gasteiger partial charge is 0.396 e. The molecule has 128 valence electrons. The van der Waals surface area contributed by atoms with Crippen molar-refractivity contribution in [2.75, 3.05) is 13.7 Å². The lowest BCUT2D eigenvalue weighted by Crippen LogP contribution is -2.39. The number of rotatable bonds is 4. The molecule has 0 bridgehead atoms. The van der Waals surface area contributed by atoms with Crippen molar-refractivity contribution in [3.8, 4) is 5.69 Å². The number of aliphatic hydroxyl groups is 1. The van der Waals surface area contributed by atoms with Gasteiger partial charge < -0.3 is 10.0 Å². The van der Waals surface area contributed by atoms with Gasteiger partial charge in [-0.15, -0.1) is 0 Å². The van der Waals surface area contributed by atoms with E-state index in [9.17, 15) is 9.90 Å². The Bertz CT molecular complexity index is 708. The molecule has 1 aliphatic rings. The van der Waals surface area contributed by atoms with E-state index in [1.807, 2.05) is 30.1 Å². The third kappa shape index (κ3) is 3.47. The minimum absolute atomic E-state index is 0.0271. The molecule has 5 nitrogen and oxygen atoms in total. The molecule has 0 atom stereocenters. The summed E-state index contributed by atoms with van der Waals surface area (Å²) >= 11 is 6.18. The maximum absolute atomic E-state index is 12.7. The van der Waals surface area contributed by atoms with Crippen molar-refractivity contribution in [3.63, 3.8) is 0 Å². The van der Waals surface area contributed by atoms with E-state index in [1.165, 1.54) is 0 Å². The van der Waals surface area contributed by atoms with Crippen molar-refractivity contribution >= 4 is 17.5 Å². The molecule has 1 saturated carbocycles. The minimum Gasteiger partial charge on any atom is -0.396 e. The number of amides is 1. The van der Waals surface area contributed by atoms with Gasteiger partial charge >= 0.3 is 0 Å². The van der Waals surface area contributed by atoms with E-state index in [2.05, 4.69) is 5.10 Å². The van der Waals surface area contributed by atoms with Crippen LogP contribution in [0.2, 0.25) is 5.02 Å². The summed E-state index contributed by atoms with van der Waals surface area (Å²) in [6.45, 7) is 0.245. The molecule has 3 rings (SSSR count). The average Bonchev–Trinajstić information content (AvgIpc) is 3.11. The summed E-state index contributed by atoms with van der Waals surface area (Å²) in [5.41, 5.74) is 1.31. The molecule has 1 amide bonds. The predicted octanol–water partition coefficient (Wildman–Crippen LogP) is 3.15. The van der Waals surface area contributed by atoms with Gasteiger partial charge in [-0.05, 0) is 43.7 Å². The Morgan fingerprint density at radius 1 is 1.33 bits per heavy atom. The molecule has 1 N–H and O–H groups in total. The van der Waals surface area contributed by atoms with Gasteiger partial charge in [-0.3, -0.25) is 4.79 Å². The first-order valence-electron chi connectivity index (χ1n) is 8.27. The maximum atomic E-state index is 12.7. The number of carbonyl (C=O) groups is 1. The number of hydrogen-bond acceptors (Lipinski definition) is 3. The Labute approximate surface area is 146 Å². The zero-order valence-corrected chi connectivity index (χ0v) is 14.5. The second-order valence-electron chi connectivity index (χ2n) is 6.40. The van der Waals surface area contributed by atoms with Crippen molar-refractivity contribution < 1.29 is 9.90 Å². The molecule has 1 heterocycles. The number of benzene rings is 1. The number of hydrogen-bond donors (Lipinski definition) is 1. The smallest absolute Gasteiger partial charge is 0.257 e. The second kappa shape index (κ2) is 7.36. The molecular weight excluding hydrogens is 326 g/mol. The predicted molar refractivity (Wildman–Crippen MR) is 93.5 cm³/mol. The van der Waals surface area contributed by atoms with E-state index in [1.54, 1.807) is 23.1 Å². The number of aromatic nitrogens is 2. The van der Waals surface area contributed by atoms with Gasteiger partial charge in [0.15, 0.2) is 0 Å². The first kappa shape index (κ1) is 17.0. The fourth-order valence-electron chi connectivity index (χ4n) is 3.29. The van der Waals surface area contributed by atoms with Crippen LogP contribution in [0.3, 0.4) is 0 Å². The van der Waals surface area contributed by atoms with Gasteiger partial charge in [0.1, 0.15) is 0 Å². The number of carbonyl (C=O) groups excluding carboxylic acids is 1. The van der Waals surface area contributed by atoms with Gasteiger partial charge in [0.25, 0.3) is 5.91 Å². The molecule has 0 aliphatic heterocycles. The van der Waals surface area contributed by atoms with Gasteiger partial charge in [-0.1, -0.05) is 23.7 Å². The standard InChI is InChI=1S/C18H22ClN3O2/c1-21(15-8-6-13(12-23)7-9-15)18(24)14-10-20-22(11-14)17-5-3-2-4-16(17)19/h2-5,10-11,13,15,23H,6-9,12H2,1H3. The molecule has 0 radical (unpaired) electrons. The first-order chi connectivity index (χ1) is 11.6. The molecule has 2 aromatic rings. The fourth-order valence-corrected chi connectivity index (χ4v) is 3.51. The van der Waals surface area contributed by atoms with Gasteiger partial charge in [0.2, 0.25) is 0 Å². The highest BCUT2D eigenvalue weighted by molar-refractivity contribution is 6.32. The molecule has 1 fully saturated rings. The van der Waals surface area contributed by atoms with Crippen LogP contribution in [0.4, 0.5) is 0 Å². The van der Waals surface area contributed by atoms with Crippen LogP contribution in [-0.2, 0) is 0 Å². The quantitative estimate of drug-likeness (QED) is 0.924. The van der Waals surface area contributed by atoms with E-state index < -0.39 is 0 Å². The molecule has 0 unspecified atom stereocenters. The fraction of sp³-hybridized carbons (Fsp3) is 0.444. The van der Waals surface area contributed by atoms with Crippen LogP contribution in [0.5, 0.6) is 0 Å². The third-order valence-electron chi connectivity index (χ3n) is 4.87. The highest BCUT2D eigenvalue weighted by atomic mass is 35.5. The summed E-state index contributed by atoms with van der Waals surface area (Å²) in [6.07, 6.45) is 7.12. The Hall–Kier alpha value is -1.85. The Morgan fingerprint density at radius 2 is 2.04 bits per heavy atom.